The number of carbonyl (C=O) groups excluding carboxylic acids is 2. The molecule has 3 aromatic rings. The highest BCUT2D eigenvalue weighted by atomic mass is 32.2. The molecule has 0 aliphatic heterocycles. The summed E-state index contributed by atoms with van der Waals surface area (Å²) in [7, 11) is -2.34. The van der Waals surface area contributed by atoms with Gasteiger partial charge in [-0.05, 0) is 43.3 Å². The molecule has 12 heteroatoms. The molecule has 1 aromatic heterocycles. The van der Waals surface area contributed by atoms with E-state index in [1.807, 2.05) is 0 Å². The number of anilines is 2. The van der Waals surface area contributed by atoms with E-state index in [0.717, 1.165) is 11.3 Å². The number of hydrogen-bond donors (Lipinski definition) is 2. The number of ether oxygens (including phenoxy) is 1. The molecule has 1 heterocycles. The van der Waals surface area contributed by atoms with Gasteiger partial charge >= 0.3 is 0 Å². The molecule has 1 atom stereocenters. The Bertz CT molecular complexity index is 1230. The Kier molecular flexibility index (Phi) is 7.28. The van der Waals surface area contributed by atoms with Gasteiger partial charge in [-0.1, -0.05) is 12.1 Å². The molecule has 2 N–H and O–H groups in total. The van der Waals surface area contributed by atoms with Crippen molar-refractivity contribution in [3.05, 3.63) is 60.1 Å². The Labute approximate surface area is 188 Å². The summed E-state index contributed by atoms with van der Waals surface area (Å²) >= 11 is 1.15. The molecule has 2 aromatic carbocycles. The van der Waals surface area contributed by atoms with E-state index in [2.05, 4.69) is 25.3 Å². The van der Waals surface area contributed by atoms with E-state index in [1.54, 1.807) is 29.6 Å². The zero-order valence-corrected chi connectivity index (χ0v) is 18.7. The highest BCUT2D eigenvalue weighted by Gasteiger charge is 2.24. The summed E-state index contributed by atoms with van der Waals surface area (Å²) in [5.41, 5.74) is 0.665. The van der Waals surface area contributed by atoms with Crippen molar-refractivity contribution < 1.29 is 22.7 Å². The van der Waals surface area contributed by atoms with Crippen molar-refractivity contribution in [2.45, 2.75) is 17.9 Å². The molecule has 0 spiro atoms. The number of nitrogens with one attached hydrogen (secondary N) is 2. The average Bonchev–Trinajstić information content (AvgIpc) is 3.26. The van der Waals surface area contributed by atoms with Gasteiger partial charge in [0.2, 0.25) is 6.04 Å². The monoisotopic (exact) mass is 473 g/mol. The number of Topliss-reactive ketones (excluding diaryl/α,β-unsaturated/α-hetero) is 1. The lowest BCUT2D eigenvalue weighted by Crippen LogP contribution is -2.31. The molecule has 0 saturated carbocycles. The Hall–Kier alpha value is -3.64. The first kappa shape index (κ1) is 23.0. The number of methoxy groups -OCH3 is 1. The van der Waals surface area contributed by atoms with Crippen LogP contribution in [0.25, 0.3) is 0 Å². The predicted molar refractivity (Wildman–Crippen MR) is 120 cm³/mol. The summed E-state index contributed by atoms with van der Waals surface area (Å²) in [5.74, 6) is -0.742. The molecule has 0 aliphatic carbocycles. The lowest BCUT2D eigenvalue weighted by molar-refractivity contribution is -0.126. The molecule has 0 saturated heterocycles. The van der Waals surface area contributed by atoms with Gasteiger partial charge in [-0.25, -0.2) is 13.4 Å². The summed E-state index contributed by atoms with van der Waals surface area (Å²) in [4.78, 5) is 28.4. The standard InChI is InChI=1S/C20H19N5O5S2/c1-13(26)18(19(27)22-16-5-3-4-6-17(16)30-2)24-23-14-7-9-15(10-8-14)32(28,29)25-20-21-11-12-31-20/h3-12,18H,1-2H3,(H,21,25)(H,22,27)/t18-/m0/s1. The van der Waals surface area contributed by atoms with Crippen molar-refractivity contribution in [1.82, 2.24) is 4.98 Å². The lowest BCUT2D eigenvalue weighted by Gasteiger charge is -2.12. The number of benzene rings is 2. The summed E-state index contributed by atoms with van der Waals surface area (Å²) in [6.45, 7) is 1.23. The third-order valence-corrected chi connectivity index (χ3v) is 6.26. The van der Waals surface area contributed by atoms with Gasteiger partial charge in [0.25, 0.3) is 15.9 Å². The van der Waals surface area contributed by atoms with Gasteiger partial charge < -0.3 is 10.1 Å². The smallest absolute Gasteiger partial charge is 0.263 e. The van der Waals surface area contributed by atoms with Crippen molar-refractivity contribution in [2.24, 2.45) is 10.2 Å². The molecule has 32 heavy (non-hydrogen) atoms. The first-order valence-electron chi connectivity index (χ1n) is 9.18. The second-order valence-corrected chi connectivity index (χ2v) is 8.93. The van der Waals surface area contributed by atoms with Gasteiger partial charge in [0.05, 0.1) is 23.4 Å². The van der Waals surface area contributed by atoms with Crippen LogP contribution in [0.2, 0.25) is 0 Å². The molecule has 1 amide bonds. The van der Waals surface area contributed by atoms with Gasteiger partial charge in [0.1, 0.15) is 5.75 Å². The second kappa shape index (κ2) is 10.1. The van der Waals surface area contributed by atoms with Gasteiger partial charge in [-0.15, -0.1) is 11.3 Å². The Morgan fingerprint density at radius 3 is 2.47 bits per heavy atom. The summed E-state index contributed by atoms with van der Waals surface area (Å²) < 4.78 is 32.3. The first-order chi connectivity index (χ1) is 15.3. The van der Waals surface area contributed by atoms with E-state index in [-0.39, 0.29) is 15.7 Å². The van der Waals surface area contributed by atoms with Crippen molar-refractivity contribution in [3.63, 3.8) is 0 Å². The predicted octanol–water partition coefficient (Wildman–Crippen LogP) is 3.63. The van der Waals surface area contributed by atoms with Gasteiger partial charge in [-0.2, -0.15) is 10.2 Å². The van der Waals surface area contributed by atoms with E-state index in [1.165, 1.54) is 44.5 Å². The minimum Gasteiger partial charge on any atom is -0.495 e. The third kappa shape index (κ3) is 5.74. The van der Waals surface area contributed by atoms with Crippen LogP contribution in [0.4, 0.5) is 16.5 Å². The summed E-state index contributed by atoms with van der Waals surface area (Å²) in [6.07, 6.45) is 1.49. The molecule has 0 fully saturated rings. The Morgan fingerprint density at radius 1 is 1.12 bits per heavy atom. The highest BCUT2D eigenvalue weighted by molar-refractivity contribution is 7.93. The minimum atomic E-state index is -3.80. The van der Waals surface area contributed by atoms with Crippen LogP contribution in [-0.4, -0.2) is 38.2 Å². The number of azo groups is 1. The minimum absolute atomic E-state index is 0.00341. The van der Waals surface area contributed by atoms with E-state index >= 15 is 0 Å². The number of sulfonamides is 1. The van der Waals surface area contributed by atoms with Crippen LogP contribution < -0.4 is 14.8 Å². The first-order valence-corrected chi connectivity index (χ1v) is 11.5. The fourth-order valence-corrected chi connectivity index (χ4v) is 4.32. The van der Waals surface area contributed by atoms with Crippen LogP contribution in [0, 0.1) is 0 Å². The Morgan fingerprint density at radius 2 is 1.84 bits per heavy atom. The maximum absolute atomic E-state index is 12.5. The molecule has 10 nitrogen and oxygen atoms in total. The number of aromatic nitrogens is 1. The van der Waals surface area contributed by atoms with Crippen molar-refractivity contribution in [1.29, 1.82) is 0 Å². The van der Waals surface area contributed by atoms with Crippen LogP contribution >= 0.6 is 11.3 Å². The molecule has 0 unspecified atom stereocenters. The lowest BCUT2D eigenvalue weighted by atomic mass is 10.2. The Balaban J connectivity index is 1.72. The fraction of sp³-hybridized carbons (Fsp3) is 0.150. The van der Waals surface area contributed by atoms with Gasteiger partial charge in [0, 0.05) is 11.6 Å². The molecule has 3 rings (SSSR count). The number of carbonyl (C=O) groups is 2. The second-order valence-electron chi connectivity index (χ2n) is 6.35. The number of rotatable bonds is 9. The van der Waals surface area contributed by atoms with Crippen molar-refractivity contribution in [3.8, 4) is 5.75 Å². The zero-order chi connectivity index (χ0) is 23.1. The normalized spacial score (nSPS) is 12.3. The van der Waals surface area contributed by atoms with Crippen LogP contribution in [0.1, 0.15) is 6.92 Å². The molecular formula is C20H19N5O5S2. The van der Waals surface area contributed by atoms with Crippen LogP contribution in [0.5, 0.6) is 5.75 Å². The van der Waals surface area contributed by atoms with Crippen molar-refractivity contribution in [2.75, 3.05) is 17.1 Å². The fourth-order valence-electron chi connectivity index (χ4n) is 2.53. The van der Waals surface area contributed by atoms with Crippen molar-refractivity contribution >= 4 is 49.6 Å². The van der Waals surface area contributed by atoms with Crippen LogP contribution in [0.15, 0.2) is 75.2 Å². The van der Waals surface area contributed by atoms with Crippen LogP contribution in [-0.2, 0) is 19.6 Å². The number of ketones is 1. The van der Waals surface area contributed by atoms with Gasteiger partial charge in [0.15, 0.2) is 10.9 Å². The molecule has 0 bridgehead atoms. The average molecular weight is 474 g/mol. The molecule has 0 aliphatic rings. The van der Waals surface area contributed by atoms with E-state index < -0.39 is 27.8 Å². The summed E-state index contributed by atoms with van der Waals surface area (Å²) in [6, 6.07) is 10.9. The number of hydrogen-bond acceptors (Lipinski definition) is 9. The molecule has 166 valence electrons. The third-order valence-electron chi connectivity index (χ3n) is 4.09. The van der Waals surface area contributed by atoms with E-state index in [0.29, 0.717) is 11.4 Å². The maximum atomic E-state index is 12.5. The highest BCUT2D eigenvalue weighted by Crippen LogP contribution is 2.24. The largest absolute Gasteiger partial charge is 0.495 e. The zero-order valence-electron chi connectivity index (χ0n) is 17.1. The quantitative estimate of drug-likeness (QED) is 0.359. The van der Waals surface area contributed by atoms with E-state index in [4.69, 9.17) is 4.74 Å². The van der Waals surface area contributed by atoms with Gasteiger partial charge in [-0.3, -0.25) is 14.3 Å². The SMILES string of the molecule is COc1ccccc1NC(=O)[C@@H](N=Nc1ccc(S(=O)(=O)Nc2nccs2)cc1)C(C)=O. The number of amides is 1. The topological polar surface area (TPSA) is 139 Å². The number of nitrogens with zero attached hydrogens (tertiary/aromatic N) is 3. The maximum Gasteiger partial charge on any atom is 0.263 e. The van der Waals surface area contributed by atoms with Crippen LogP contribution in [0.3, 0.4) is 0 Å². The number of thiazole rings is 1. The summed E-state index contributed by atoms with van der Waals surface area (Å²) in [5, 5.41) is 12.3. The van der Waals surface area contributed by atoms with E-state index in [9.17, 15) is 18.0 Å². The molecular weight excluding hydrogens is 454 g/mol. The molecule has 0 radical (unpaired) electrons. The number of para-hydroxylation sites is 2.